The molecule has 5 aromatic carbocycles. The Morgan fingerprint density at radius 2 is 1.50 bits per heavy atom. The van der Waals surface area contributed by atoms with Crippen LogP contribution in [-0.4, -0.2) is 11.1 Å². The Bertz CT molecular complexity index is 1880. The summed E-state index contributed by atoms with van der Waals surface area (Å²) in [7, 11) is 0. The SMILES string of the molecule is CCc1ccc(N=C2S/C(=C\c3cc(Br)c(OCc4ccc5ccccc5c4)c(I)c3)C(=O)N2c2ccc(CC)cc2)cc1. The van der Waals surface area contributed by atoms with E-state index < -0.39 is 0 Å². The van der Waals surface area contributed by atoms with Gasteiger partial charge < -0.3 is 4.74 Å². The second kappa shape index (κ2) is 13.7. The summed E-state index contributed by atoms with van der Waals surface area (Å²) in [5.41, 5.74) is 6.11. The number of fused-ring (bicyclic) bond motifs is 1. The van der Waals surface area contributed by atoms with Crippen LogP contribution in [0.15, 0.2) is 117 Å². The lowest BCUT2D eigenvalue weighted by molar-refractivity contribution is -0.113. The van der Waals surface area contributed by atoms with Crippen LogP contribution in [-0.2, 0) is 24.2 Å². The normalized spacial score (nSPS) is 15.1. The molecule has 0 radical (unpaired) electrons. The van der Waals surface area contributed by atoms with E-state index in [-0.39, 0.29) is 5.91 Å². The first-order valence-corrected chi connectivity index (χ1v) is 17.2. The highest BCUT2D eigenvalue weighted by molar-refractivity contribution is 14.1. The summed E-state index contributed by atoms with van der Waals surface area (Å²) < 4.78 is 8.06. The molecule has 5 aromatic rings. The van der Waals surface area contributed by atoms with Gasteiger partial charge in [0.05, 0.1) is 24.3 Å². The number of anilines is 1. The smallest absolute Gasteiger partial charge is 0.271 e. The second-order valence-corrected chi connectivity index (χ2v) is 13.5. The molecule has 0 atom stereocenters. The summed E-state index contributed by atoms with van der Waals surface area (Å²) >= 11 is 7.41. The molecule has 1 aliphatic heterocycles. The first-order chi connectivity index (χ1) is 21.4. The van der Waals surface area contributed by atoms with E-state index in [0.29, 0.717) is 16.7 Å². The Kier molecular flexibility index (Phi) is 9.54. The van der Waals surface area contributed by atoms with Crippen molar-refractivity contribution in [3.05, 3.63) is 138 Å². The van der Waals surface area contributed by atoms with E-state index in [9.17, 15) is 4.79 Å². The molecule has 0 bridgehead atoms. The third-order valence-electron chi connectivity index (χ3n) is 7.49. The Labute approximate surface area is 284 Å². The van der Waals surface area contributed by atoms with Crippen LogP contribution in [0.2, 0.25) is 0 Å². The number of hydrogen-bond donors (Lipinski definition) is 0. The van der Waals surface area contributed by atoms with Crippen molar-refractivity contribution in [1.82, 2.24) is 0 Å². The summed E-state index contributed by atoms with van der Waals surface area (Å²) in [6.07, 6.45) is 3.84. The first-order valence-electron chi connectivity index (χ1n) is 14.5. The standard InChI is InChI=1S/C37H30BrIN2O2S/c1-3-24-10-15-30(16-11-24)40-37-41(31-17-12-25(4-2)13-18-31)36(42)34(44-37)22-27-20-32(38)35(33(39)21-27)43-23-26-9-14-28-7-5-6-8-29(28)19-26/h5-22H,3-4,23H2,1-2H3/b34-22-,40-37?. The monoisotopic (exact) mass is 772 g/mol. The molecule has 1 fully saturated rings. The third-order valence-corrected chi connectivity index (χ3v) is 9.85. The van der Waals surface area contributed by atoms with E-state index in [2.05, 4.69) is 107 Å². The zero-order valence-electron chi connectivity index (χ0n) is 24.4. The Morgan fingerprint density at radius 3 is 2.18 bits per heavy atom. The number of rotatable bonds is 8. The van der Waals surface area contributed by atoms with Crippen LogP contribution in [0.3, 0.4) is 0 Å². The number of carbonyl (C=O) groups excluding carboxylic acids is 1. The van der Waals surface area contributed by atoms with Crippen LogP contribution in [0.4, 0.5) is 11.4 Å². The van der Waals surface area contributed by atoms with Gasteiger partial charge in [0.2, 0.25) is 0 Å². The average Bonchev–Trinajstić information content (AvgIpc) is 3.34. The quantitative estimate of drug-likeness (QED) is 0.117. The van der Waals surface area contributed by atoms with Crippen LogP contribution < -0.4 is 9.64 Å². The number of thioether (sulfide) groups is 1. The van der Waals surface area contributed by atoms with Crippen molar-refractivity contribution in [3.63, 3.8) is 0 Å². The maximum atomic E-state index is 13.9. The molecule has 1 heterocycles. The molecule has 7 heteroatoms. The largest absolute Gasteiger partial charge is 0.487 e. The number of ether oxygens (including phenoxy) is 1. The van der Waals surface area contributed by atoms with E-state index in [1.165, 1.54) is 33.7 Å². The minimum absolute atomic E-state index is 0.0917. The fourth-order valence-electron chi connectivity index (χ4n) is 5.01. The molecular weight excluding hydrogens is 743 g/mol. The third kappa shape index (κ3) is 6.80. The molecule has 220 valence electrons. The lowest BCUT2D eigenvalue weighted by atomic mass is 10.1. The molecular formula is C37H30BrIN2O2S. The van der Waals surface area contributed by atoms with Gasteiger partial charge in [0, 0.05) is 0 Å². The number of aryl methyl sites for hydroxylation is 2. The van der Waals surface area contributed by atoms with Crippen molar-refractivity contribution in [1.29, 1.82) is 0 Å². The van der Waals surface area contributed by atoms with Crippen molar-refractivity contribution < 1.29 is 9.53 Å². The van der Waals surface area contributed by atoms with Crippen molar-refractivity contribution >= 4 is 89.6 Å². The molecule has 1 amide bonds. The number of halogens is 2. The van der Waals surface area contributed by atoms with Gasteiger partial charge in [-0.05, 0) is 145 Å². The Morgan fingerprint density at radius 1 is 0.841 bits per heavy atom. The molecule has 0 aliphatic carbocycles. The van der Waals surface area contributed by atoms with Gasteiger partial charge in [-0.2, -0.15) is 0 Å². The van der Waals surface area contributed by atoms with E-state index in [4.69, 9.17) is 9.73 Å². The molecule has 1 aliphatic rings. The lowest BCUT2D eigenvalue weighted by Gasteiger charge is -2.16. The maximum Gasteiger partial charge on any atom is 0.271 e. The molecule has 0 spiro atoms. The van der Waals surface area contributed by atoms with Gasteiger partial charge in [0.1, 0.15) is 12.4 Å². The van der Waals surface area contributed by atoms with E-state index in [1.807, 2.05) is 54.6 Å². The van der Waals surface area contributed by atoms with Crippen LogP contribution >= 0.6 is 50.3 Å². The summed E-state index contributed by atoms with van der Waals surface area (Å²) in [6.45, 7) is 4.71. The predicted octanol–water partition coefficient (Wildman–Crippen LogP) is 10.7. The van der Waals surface area contributed by atoms with Crippen LogP contribution in [0, 0.1) is 3.57 Å². The van der Waals surface area contributed by atoms with Gasteiger partial charge >= 0.3 is 0 Å². The number of carbonyl (C=O) groups is 1. The predicted molar refractivity (Wildman–Crippen MR) is 197 cm³/mol. The highest BCUT2D eigenvalue weighted by Gasteiger charge is 2.35. The van der Waals surface area contributed by atoms with Gasteiger partial charge in [0.25, 0.3) is 5.91 Å². The van der Waals surface area contributed by atoms with Crippen molar-refractivity contribution in [2.45, 2.75) is 33.3 Å². The summed E-state index contributed by atoms with van der Waals surface area (Å²) in [5.74, 6) is 0.688. The molecule has 0 unspecified atom stereocenters. The molecule has 44 heavy (non-hydrogen) atoms. The highest BCUT2D eigenvalue weighted by Crippen LogP contribution is 2.39. The number of amides is 1. The molecule has 0 aromatic heterocycles. The summed E-state index contributed by atoms with van der Waals surface area (Å²) in [5, 5.41) is 3.04. The lowest BCUT2D eigenvalue weighted by Crippen LogP contribution is -2.28. The number of amidine groups is 1. The number of nitrogens with zero attached hydrogens (tertiary/aromatic N) is 2. The van der Waals surface area contributed by atoms with Crippen molar-refractivity contribution in [3.8, 4) is 5.75 Å². The van der Waals surface area contributed by atoms with E-state index in [0.717, 1.165) is 49.1 Å². The van der Waals surface area contributed by atoms with Crippen molar-refractivity contribution in [2.75, 3.05) is 4.90 Å². The number of hydrogen-bond acceptors (Lipinski definition) is 4. The zero-order chi connectivity index (χ0) is 30.6. The first kappa shape index (κ1) is 30.6. The summed E-state index contributed by atoms with van der Waals surface area (Å²) in [6, 6.07) is 35.1. The second-order valence-electron chi connectivity index (χ2n) is 10.5. The molecule has 0 saturated carbocycles. The minimum Gasteiger partial charge on any atom is -0.487 e. The summed E-state index contributed by atoms with van der Waals surface area (Å²) in [4.78, 5) is 21.1. The van der Waals surface area contributed by atoms with Gasteiger partial charge in [-0.1, -0.05) is 74.5 Å². The van der Waals surface area contributed by atoms with Gasteiger partial charge in [-0.25, -0.2) is 4.99 Å². The van der Waals surface area contributed by atoms with Gasteiger partial charge in [-0.3, -0.25) is 9.69 Å². The topological polar surface area (TPSA) is 41.9 Å². The fourth-order valence-corrected chi connectivity index (χ4v) is 7.78. The van der Waals surface area contributed by atoms with E-state index >= 15 is 0 Å². The number of aliphatic imine (C=N–C) groups is 1. The maximum absolute atomic E-state index is 13.9. The van der Waals surface area contributed by atoms with Crippen LogP contribution in [0.1, 0.15) is 36.1 Å². The zero-order valence-corrected chi connectivity index (χ0v) is 28.9. The van der Waals surface area contributed by atoms with Crippen LogP contribution in [0.25, 0.3) is 16.8 Å². The van der Waals surface area contributed by atoms with E-state index in [1.54, 1.807) is 4.90 Å². The van der Waals surface area contributed by atoms with Crippen LogP contribution in [0.5, 0.6) is 5.75 Å². The molecule has 1 saturated heterocycles. The molecule has 4 nitrogen and oxygen atoms in total. The van der Waals surface area contributed by atoms with Crippen molar-refractivity contribution in [2.24, 2.45) is 4.99 Å². The highest BCUT2D eigenvalue weighted by atomic mass is 127. The Hall–Kier alpha value is -3.40. The molecule has 6 rings (SSSR count). The minimum atomic E-state index is -0.0917. The van der Waals surface area contributed by atoms with Gasteiger partial charge in [0.15, 0.2) is 5.17 Å². The number of benzene rings is 5. The van der Waals surface area contributed by atoms with Gasteiger partial charge in [-0.15, -0.1) is 0 Å². The fraction of sp³-hybridized carbons (Fsp3) is 0.135. The average molecular weight is 774 g/mol. The Balaban J connectivity index is 1.27. The molecule has 0 N–H and O–H groups in total.